The van der Waals surface area contributed by atoms with E-state index >= 15 is 0 Å². The van der Waals surface area contributed by atoms with Crippen molar-refractivity contribution in [3.8, 4) is 0 Å². The van der Waals surface area contributed by atoms with Gasteiger partial charge in [-0.25, -0.2) is 4.98 Å². The Hall–Kier alpha value is -1.09. The van der Waals surface area contributed by atoms with Crippen LogP contribution in [0.4, 0.5) is 5.82 Å². The molecule has 3 heteroatoms. The number of nitrogens with one attached hydrogen (secondary N) is 1. The van der Waals surface area contributed by atoms with Gasteiger partial charge in [0.15, 0.2) is 0 Å². The first-order valence-corrected chi connectivity index (χ1v) is 7.38. The first-order valence-electron chi connectivity index (χ1n) is 7.38. The Morgan fingerprint density at radius 3 is 2.58 bits per heavy atom. The molecular formula is C16H29N3. The molecule has 0 saturated carbocycles. The summed E-state index contributed by atoms with van der Waals surface area (Å²) in [6.07, 6.45) is 1.21. The molecule has 0 spiro atoms. The Labute approximate surface area is 118 Å². The van der Waals surface area contributed by atoms with Crippen molar-refractivity contribution in [2.24, 2.45) is 5.92 Å². The van der Waals surface area contributed by atoms with E-state index in [1.54, 1.807) is 0 Å². The fourth-order valence-electron chi connectivity index (χ4n) is 2.31. The molecule has 0 aliphatic carbocycles. The van der Waals surface area contributed by atoms with E-state index in [4.69, 9.17) is 4.98 Å². The number of aryl methyl sites for hydroxylation is 2. The van der Waals surface area contributed by atoms with E-state index in [9.17, 15) is 0 Å². The molecule has 108 valence electrons. The molecule has 0 bridgehead atoms. The molecule has 0 aliphatic heterocycles. The monoisotopic (exact) mass is 263 g/mol. The lowest BCUT2D eigenvalue weighted by atomic mass is 10.1. The van der Waals surface area contributed by atoms with E-state index in [1.165, 1.54) is 17.5 Å². The van der Waals surface area contributed by atoms with Crippen LogP contribution in [0.5, 0.6) is 0 Å². The number of nitrogens with zero attached hydrogens (tertiary/aromatic N) is 2. The molecule has 0 aliphatic rings. The van der Waals surface area contributed by atoms with Gasteiger partial charge in [0.1, 0.15) is 5.82 Å². The zero-order valence-electron chi connectivity index (χ0n) is 13.4. The minimum Gasteiger partial charge on any atom is -0.359 e. The Bertz CT molecular complexity index is 401. The maximum absolute atomic E-state index is 4.76. The smallest absolute Gasteiger partial charge is 0.133 e. The lowest BCUT2D eigenvalue weighted by Crippen LogP contribution is -2.27. The van der Waals surface area contributed by atoms with Crippen molar-refractivity contribution in [2.45, 2.75) is 47.6 Å². The van der Waals surface area contributed by atoms with E-state index in [0.717, 1.165) is 31.1 Å². The second-order valence-corrected chi connectivity index (χ2v) is 5.56. The Morgan fingerprint density at radius 2 is 2.00 bits per heavy atom. The van der Waals surface area contributed by atoms with Gasteiger partial charge >= 0.3 is 0 Å². The van der Waals surface area contributed by atoms with Crippen molar-refractivity contribution in [3.63, 3.8) is 0 Å². The Morgan fingerprint density at radius 1 is 1.32 bits per heavy atom. The maximum Gasteiger partial charge on any atom is 0.133 e. The van der Waals surface area contributed by atoms with Gasteiger partial charge in [0, 0.05) is 31.4 Å². The summed E-state index contributed by atoms with van der Waals surface area (Å²) >= 11 is 0. The summed E-state index contributed by atoms with van der Waals surface area (Å²) in [5.74, 6) is 1.83. The lowest BCUT2D eigenvalue weighted by Gasteiger charge is -2.25. The third-order valence-corrected chi connectivity index (χ3v) is 3.65. The molecule has 0 aromatic carbocycles. The second kappa shape index (κ2) is 7.49. The molecule has 0 fully saturated rings. The topological polar surface area (TPSA) is 28.2 Å². The molecule has 1 aromatic heterocycles. The van der Waals surface area contributed by atoms with Crippen LogP contribution in [-0.2, 0) is 6.54 Å². The van der Waals surface area contributed by atoms with Gasteiger partial charge in [-0.05, 0) is 37.9 Å². The minimum absolute atomic E-state index is 0.694. The molecule has 1 rings (SSSR count). The van der Waals surface area contributed by atoms with Crippen LogP contribution < -0.4 is 10.2 Å². The molecular weight excluding hydrogens is 234 g/mol. The molecule has 0 amide bonds. The number of hydrogen-bond acceptors (Lipinski definition) is 3. The van der Waals surface area contributed by atoms with E-state index in [0.29, 0.717) is 5.92 Å². The van der Waals surface area contributed by atoms with Crippen molar-refractivity contribution in [1.82, 2.24) is 10.3 Å². The molecule has 3 nitrogen and oxygen atoms in total. The second-order valence-electron chi connectivity index (χ2n) is 5.56. The maximum atomic E-state index is 4.76. The summed E-state index contributed by atoms with van der Waals surface area (Å²) < 4.78 is 0. The zero-order chi connectivity index (χ0) is 14.4. The average Bonchev–Trinajstić information content (AvgIpc) is 2.36. The Kier molecular flexibility index (Phi) is 6.29. The van der Waals surface area contributed by atoms with Crippen molar-refractivity contribution < 1.29 is 0 Å². The van der Waals surface area contributed by atoms with Gasteiger partial charge in [-0.1, -0.05) is 27.2 Å². The van der Waals surface area contributed by atoms with Crippen molar-refractivity contribution in [1.29, 1.82) is 0 Å². The van der Waals surface area contributed by atoms with Crippen molar-refractivity contribution in [2.75, 3.05) is 25.0 Å². The van der Waals surface area contributed by atoms with Crippen LogP contribution >= 0.6 is 0 Å². The van der Waals surface area contributed by atoms with Gasteiger partial charge in [0.2, 0.25) is 0 Å². The minimum atomic E-state index is 0.694. The number of aromatic nitrogens is 1. The molecule has 1 atom stereocenters. The van der Waals surface area contributed by atoms with E-state index in [2.05, 4.69) is 57.9 Å². The largest absolute Gasteiger partial charge is 0.359 e. The van der Waals surface area contributed by atoms with Gasteiger partial charge in [-0.15, -0.1) is 0 Å². The first kappa shape index (κ1) is 16.0. The van der Waals surface area contributed by atoms with Gasteiger partial charge in [-0.2, -0.15) is 0 Å². The van der Waals surface area contributed by atoms with Crippen molar-refractivity contribution in [3.05, 3.63) is 22.9 Å². The van der Waals surface area contributed by atoms with Crippen LogP contribution in [0.25, 0.3) is 0 Å². The van der Waals surface area contributed by atoms with Gasteiger partial charge in [0.05, 0.1) is 0 Å². The highest BCUT2D eigenvalue weighted by molar-refractivity contribution is 5.51. The van der Waals surface area contributed by atoms with Gasteiger partial charge in [0.25, 0.3) is 0 Å². The summed E-state index contributed by atoms with van der Waals surface area (Å²) in [6, 6.07) is 2.17. The standard InChI is InChI=1S/C16H29N3/c1-7-12(3)11-19(6)16-15(10-17-8-2)13(4)9-14(5)18-16/h9,12,17H,7-8,10-11H2,1-6H3. The van der Waals surface area contributed by atoms with Crippen molar-refractivity contribution >= 4 is 5.82 Å². The van der Waals surface area contributed by atoms with Crippen LogP contribution in [0.15, 0.2) is 6.07 Å². The highest BCUT2D eigenvalue weighted by atomic mass is 15.2. The fourth-order valence-corrected chi connectivity index (χ4v) is 2.31. The number of pyridine rings is 1. The number of rotatable bonds is 7. The highest BCUT2D eigenvalue weighted by Crippen LogP contribution is 2.22. The molecule has 0 radical (unpaired) electrons. The molecule has 1 unspecified atom stereocenters. The quantitative estimate of drug-likeness (QED) is 0.818. The summed E-state index contributed by atoms with van der Waals surface area (Å²) in [4.78, 5) is 7.07. The molecule has 19 heavy (non-hydrogen) atoms. The van der Waals surface area contributed by atoms with Crippen LogP contribution in [0, 0.1) is 19.8 Å². The molecule has 1 aromatic rings. The summed E-state index contributed by atoms with van der Waals surface area (Å²) in [5.41, 5.74) is 3.77. The van der Waals surface area contributed by atoms with E-state index in [1.807, 2.05) is 0 Å². The van der Waals surface area contributed by atoms with E-state index in [-0.39, 0.29) is 0 Å². The van der Waals surface area contributed by atoms with Crippen LogP contribution in [0.2, 0.25) is 0 Å². The van der Waals surface area contributed by atoms with Gasteiger partial charge in [-0.3, -0.25) is 0 Å². The van der Waals surface area contributed by atoms with Crippen LogP contribution in [0.3, 0.4) is 0 Å². The normalized spacial score (nSPS) is 12.5. The van der Waals surface area contributed by atoms with E-state index < -0.39 is 0 Å². The molecule has 0 saturated heterocycles. The zero-order valence-corrected chi connectivity index (χ0v) is 13.4. The summed E-state index contributed by atoms with van der Waals surface area (Å²) in [7, 11) is 2.16. The SMILES string of the molecule is CCNCc1c(C)cc(C)nc1N(C)CC(C)CC. The number of hydrogen-bond donors (Lipinski definition) is 1. The third-order valence-electron chi connectivity index (χ3n) is 3.65. The molecule has 1 N–H and O–H groups in total. The first-order chi connectivity index (χ1) is 8.99. The lowest BCUT2D eigenvalue weighted by molar-refractivity contribution is 0.555. The fraction of sp³-hybridized carbons (Fsp3) is 0.688. The predicted octanol–water partition coefficient (Wildman–Crippen LogP) is 3.29. The molecule has 1 heterocycles. The van der Waals surface area contributed by atoms with Gasteiger partial charge < -0.3 is 10.2 Å². The van der Waals surface area contributed by atoms with Crippen LogP contribution in [0.1, 0.15) is 44.0 Å². The van der Waals surface area contributed by atoms with Crippen LogP contribution in [-0.4, -0.2) is 25.1 Å². The highest BCUT2D eigenvalue weighted by Gasteiger charge is 2.14. The Balaban J connectivity index is 3.01. The predicted molar refractivity (Wildman–Crippen MR) is 83.8 cm³/mol. The third kappa shape index (κ3) is 4.50. The summed E-state index contributed by atoms with van der Waals surface area (Å²) in [5, 5.41) is 3.42. The summed E-state index contributed by atoms with van der Waals surface area (Å²) in [6.45, 7) is 13.9. The number of anilines is 1. The average molecular weight is 263 g/mol.